The van der Waals surface area contributed by atoms with E-state index < -0.39 is 5.92 Å². The van der Waals surface area contributed by atoms with Gasteiger partial charge in [0.2, 0.25) is 5.91 Å². The molecule has 3 rings (SSSR count). The molecule has 2 aromatic rings. The Labute approximate surface area is 160 Å². The number of anilines is 1. The maximum absolute atomic E-state index is 12.7. The van der Waals surface area contributed by atoms with Crippen molar-refractivity contribution < 1.29 is 4.79 Å². The van der Waals surface area contributed by atoms with Gasteiger partial charge < -0.3 is 10.2 Å². The first kappa shape index (κ1) is 19.1. The third-order valence-electron chi connectivity index (χ3n) is 4.98. The van der Waals surface area contributed by atoms with Gasteiger partial charge in [-0.05, 0) is 31.4 Å². The van der Waals surface area contributed by atoms with E-state index in [4.69, 9.17) is 9.97 Å². The molecule has 1 unspecified atom stereocenters. The molecule has 0 aliphatic carbocycles. The van der Waals surface area contributed by atoms with Crippen LogP contribution in [-0.4, -0.2) is 35.5 Å². The first-order chi connectivity index (χ1) is 13.2. The Kier molecular flexibility index (Phi) is 6.59. The van der Waals surface area contributed by atoms with Gasteiger partial charge in [0.05, 0.1) is 17.1 Å². The summed E-state index contributed by atoms with van der Waals surface area (Å²) in [7, 11) is 0. The second-order valence-electron chi connectivity index (χ2n) is 7.03. The van der Waals surface area contributed by atoms with Gasteiger partial charge in [-0.2, -0.15) is 5.26 Å². The molecule has 1 fully saturated rings. The van der Waals surface area contributed by atoms with Crippen LogP contribution in [0, 0.1) is 11.3 Å². The van der Waals surface area contributed by atoms with Crippen molar-refractivity contribution in [1.82, 2.24) is 15.3 Å². The summed E-state index contributed by atoms with van der Waals surface area (Å²) < 4.78 is 0. The van der Waals surface area contributed by atoms with E-state index in [9.17, 15) is 10.1 Å². The van der Waals surface area contributed by atoms with Crippen LogP contribution in [0.3, 0.4) is 0 Å². The lowest BCUT2D eigenvalue weighted by molar-refractivity contribution is -0.121. The van der Waals surface area contributed by atoms with E-state index >= 15 is 0 Å². The average molecular weight is 365 g/mol. The van der Waals surface area contributed by atoms with Crippen LogP contribution in [0.5, 0.6) is 0 Å². The van der Waals surface area contributed by atoms with Gasteiger partial charge in [0.1, 0.15) is 5.69 Å². The summed E-state index contributed by atoms with van der Waals surface area (Å²) >= 11 is 0. The van der Waals surface area contributed by atoms with E-state index in [1.807, 2.05) is 24.3 Å². The molecular formula is C21H27N5O. The zero-order valence-corrected chi connectivity index (χ0v) is 15.9. The summed E-state index contributed by atoms with van der Waals surface area (Å²) in [5.41, 5.74) is 1.99. The first-order valence-electron chi connectivity index (χ1n) is 9.93. The monoisotopic (exact) mass is 365 g/mol. The lowest BCUT2D eigenvalue weighted by Crippen LogP contribution is -2.33. The van der Waals surface area contributed by atoms with Gasteiger partial charge in [-0.1, -0.05) is 38.3 Å². The Balaban J connectivity index is 2.01. The van der Waals surface area contributed by atoms with Gasteiger partial charge in [0, 0.05) is 19.6 Å². The SMILES string of the molecule is CCCCNC(=O)C(C#N)c1nc2ccccc2nc1N1CCCCCC1. The number of unbranched alkanes of at least 4 members (excludes halogenated alkanes) is 1. The van der Waals surface area contributed by atoms with Gasteiger partial charge in [-0.15, -0.1) is 0 Å². The zero-order chi connectivity index (χ0) is 19.1. The fourth-order valence-corrected chi connectivity index (χ4v) is 3.45. The highest BCUT2D eigenvalue weighted by atomic mass is 16.1. The van der Waals surface area contributed by atoms with Crippen molar-refractivity contribution in [3.05, 3.63) is 30.0 Å². The molecule has 0 saturated carbocycles. The van der Waals surface area contributed by atoms with Gasteiger partial charge in [0.25, 0.3) is 0 Å². The highest BCUT2D eigenvalue weighted by molar-refractivity contribution is 5.88. The Hall–Kier alpha value is -2.68. The van der Waals surface area contributed by atoms with E-state index in [1.54, 1.807) is 0 Å². The Bertz CT molecular complexity index is 821. The number of benzene rings is 1. The molecule has 142 valence electrons. The van der Waals surface area contributed by atoms with Crippen molar-refractivity contribution in [3.63, 3.8) is 0 Å². The molecule has 1 aromatic carbocycles. The fraction of sp³-hybridized carbons (Fsp3) is 0.524. The number of carbonyl (C=O) groups is 1. The van der Waals surface area contributed by atoms with Crippen molar-refractivity contribution in [1.29, 1.82) is 5.26 Å². The van der Waals surface area contributed by atoms with Crippen molar-refractivity contribution in [2.24, 2.45) is 0 Å². The van der Waals surface area contributed by atoms with E-state index in [0.717, 1.165) is 44.3 Å². The third-order valence-corrected chi connectivity index (χ3v) is 4.98. The van der Waals surface area contributed by atoms with E-state index in [2.05, 4.69) is 23.2 Å². The third kappa shape index (κ3) is 4.54. The zero-order valence-electron chi connectivity index (χ0n) is 15.9. The van der Waals surface area contributed by atoms with Crippen LogP contribution in [-0.2, 0) is 4.79 Å². The minimum atomic E-state index is -0.947. The standard InChI is InChI=1S/C21H27N5O/c1-2-3-12-23-21(27)16(15-22)19-20(26-13-8-4-5-9-14-26)25-18-11-7-6-10-17(18)24-19/h6-7,10-11,16H,2-5,8-9,12-14H2,1H3,(H,23,27). The molecule has 1 aromatic heterocycles. The molecule has 0 bridgehead atoms. The maximum Gasteiger partial charge on any atom is 0.243 e. The van der Waals surface area contributed by atoms with Crippen LogP contribution >= 0.6 is 0 Å². The number of nitrogens with zero attached hydrogens (tertiary/aromatic N) is 4. The topological polar surface area (TPSA) is 81.9 Å². The van der Waals surface area contributed by atoms with Gasteiger partial charge in [0.15, 0.2) is 11.7 Å². The molecule has 2 heterocycles. The normalized spacial score (nSPS) is 15.8. The van der Waals surface area contributed by atoms with Gasteiger partial charge in [-0.25, -0.2) is 9.97 Å². The second kappa shape index (κ2) is 9.31. The lowest BCUT2D eigenvalue weighted by atomic mass is 10.0. The van der Waals surface area contributed by atoms with Crippen LogP contribution in [0.25, 0.3) is 11.0 Å². The molecule has 1 aliphatic heterocycles. The van der Waals surface area contributed by atoms with Crippen molar-refractivity contribution in [2.45, 2.75) is 51.4 Å². The Morgan fingerprint density at radius 3 is 2.48 bits per heavy atom. The lowest BCUT2D eigenvalue weighted by Gasteiger charge is -2.25. The first-order valence-corrected chi connectivity index (χ1v) is 9.93. The van der Waals surface area contributed by atoms with E-state index in [-0.39, 0.29) is 5.91 Å². The molecule has 6 nitrogen and oxygen atoms in total. The second-order valence-corrected chi connectivity index (χ2v) is 7.03. The van der Waals surface area contributed by atoms with Crippen LogP contribution in [0.1, 0.15) is 57.1 Å². The van der Waals surface area contributed by atoms with Gasteiger partial charge in [-0.3, -0.25) is 4.79 Å². The summed E-state index contributed by atoms with van der Waals surface area (Å²) in [5.74, 6) is -0.545. The number of amides is 1. The number of para-hydroxylation sites is 2. The summed E-state index contributed by atoms with van der Waals surface area (Å²) in [5, 5.41) is 12.6. The number of hydrogen-bond acceptors (Lipinski definition) is 5. The molecule has 1 aliphatic rings. The molecule has 27 heavy (non-hydrogen) atoms. The van der Waals surface area contributed by atoms with Gasteiger partial charge >= 0.3 is 0 Å². The highest BCUT2D eigenvalue weighted by Gasteiger charge is 2.28. The maximum atomic E-state index is 12.7. The molecule has 1 atom stereocenters. The van der Waals surface area contributed by atoms with Crippen molar-refractivity contribution >= 4 is 22.8 Å². The summed E-state index contributed by atoms with van der Waals surface area (Å²) in [4.78, 5) is 24.4. The Morgan fingerprint density at radius 2 is 1.85 bits per heavy atom. The quantitative estimate of drug-likeness (QED) is 0.792. The molecule has 0 radical (unpaired) electrons. The smallest absolute Gasteiger partial charge is 0.243 e. The average Bonchev–Trinajstić information content (AvgIpc) is 2.97. The number of nitriles is 1. The fourth-order valence-electron chi connectivity index (χ4n) is 3.45. The van der Waals surface area contributed by atoms with Crippen LogP contribution in [0.4, 0.5) is 5.82 Å². The minimum Gasteiger partial charge on any atom is -0.355 e. The molecule has 1 N–H and O–H groups in total. The molecule has 1 saturated heterocycles. The summed E-state index contributed by atoms with van der Waals surface area (Å²) in [6.07, 6.45) is 6.47. The Morgan fingerprint density at radius 1 is 1.19 bits per heavy atom. The number of aromatic nitrogens is 2. The van der Waals surface area contributed by atoms with Crippen molar-refractivity contribution in [2.75, 3.05) is 24.5 Å². The largest absolute Gasteiger partial charge is 0.355 e. The molecular weight excluding hydrogens is 338 g/mol. The predicted octanol–water partition coefficient (Wildman–Crippen LogP) is 3.53. The van der Waals surface area contributed by atoms with E-state index in [1.165, 1.54) is 12.8 Å². The highest BCUT2D eigenvalue weighted by Crippen LogP contribution is 2.29. The summed E-state index contributed by atoms with van der Waals surface area (Å²) in [6.45, 7) is 4.42. The van der Waals surface area contributed by atoms with Crippen LogP contribution in [0.15, 0.2) is 24.3 Å². The minimum absolute atomic E-state index is 0.286. The van der Waals surface area contributed by atoms with Crippen LogP contribution in [0.2, 0.25) is 0 Å². The number of fused-ring (bicyclic) bond motifs is 1. The predicted molar refractivity (Wildman–Crippen MR) is 106 cm³/mol. The number of nitrogens with one attached hydrogen (secondary N) is 1. The molecule has 1 amide bonds. The number of rotatable bonds is 6. The molecule has 0 spiro atoms. The number of hydrogen-bond donors (Lipinski definition) is 1. The van der Waals surface area contributed by atoms with Crippen molar-refractivity contribution in [3.8, 4) is 6.07 Å². The molecule has 6 heteroatoms. The van der Waals surface area contributed by atoms with Crippen LogP contribution < -0.4 is 10.2 Å². The number of carbonyl (C=O) groups excluding carboxylic acids is 1. The summed E-state index contributed by atoms with van der Waals surface area (Å²) in [6, 6.07) is 9.80. The van der Waals surface area contributed by atoms with E-state index in [0.29, 0.717) is 23.6 Å².